The van der Waals surface area contributed by atoms with Crippen molar-refractivity contribution < 1.29 is 4.74 Å². The van der Waals surface area contributed by atoms with Crippen LogP contribution in [0.3, 0.4) is 0 Å². The predicted octanol–water partition coefficient (Wildman–Crippen LogP) is 0.199. The quantitative estimate of drug-likeness (QED) is 0.750. The molecule has 0 aliphatic carbocycles. The first-order valence-corrected chi connectivity index (χ1v) is 5.08. The van der Waals surface area contributed by atoms with Gasteiger partial charge in [0.15, 0.2) is 0 Å². The molecule has 0 spiro atoms. The van der Waals surface area contributed by atoms with E-state index in [4.69, 9.17) is 4.74 Å². The van der Waals surface area contributed by atoms with Crippen molar-refractivity contribution in [3.05, 3.63) is 11.4 Å². The van der Waals surface area contributed by atoms with E-state index in [1.165, 1.54) is 0 Å². The van der Waals surface area contributed by atoms with Crippen LogP contribution in [0.1, 0.15) is 18.3 Å². The van der Waals surface area contributed by atoms with E-state index in [2.05, 4.69) is 27.2 Å². The molecule has 2 heterocycles. The van der Waals surface area contributed by atoms with Crippen LogP contribution < -0.4 is 0 Å². The lowest BCUT2D eigenvalue weighted by Gasteiger charge is -2.25. The molecule has 2 rings (SSSR count). The topological polar surface area (TPSA) is 54.0 Å². The monoisotopic (exact) mass is 196 g/mol. The van der Waals surface area contributed by atoms with Gasteiger partial charge in [-0.1, -0.05) is 6.92 Å². The molecule has 1 N–H and O–H groups in total. The molecule has 1 fully saturated rings. The molecule has 0 atom stereocenters. The van der Waals surface area contributed by atoms with Crippen molar-refractivity contribution in [2.75, 3.05) is 26.3 Å². The highest BCUT2D eigenvalue weighted by Crippen LogP contribution is 2.07. The van der Waals surface area contributed by atoms with Crippen molar-refractivity contribution >= 4 is 0 Å². The van der Waals surface area contributed by atoms with Crippen LogP contribution in [-0.2, 0) is 17.7 Å². The van der Waals surface area contributed by atoms with Gasteiger partial charge in [-0.15, -0.1) is 0 Å². The van der Waals surface area contributed by atoms with E-state index in [1.54, 1.807) is 0 Å². The number of hydrogen-bond donors (Lipinski definition) is 1. The second-order valence-electron chi connectivity index (χ2n) is 3.46. The van der Waals surface area contributed by atoms with E-state index >= 15 is 0 Å². The first-order valence-electron chi connectivity index (χ1n) is 5.08. The van der Waals surface area contributed by atoms with E-state index in [9.17, 15) is 0 Å². The SMILES string of the molecule is CCc1n[nH]nc1CN1CCOCC1. The fourth-order valence-corrected chi connectivity index (χ4v) is 1.66. The smallest absolute Gasteiger partial charge is 0.0996 e. The zero-order chi connectivity index (χ0) is 9.80. The number of ether oxygens (including phenoxy) is 1. The van der Waals surface area contributed by atoms with E-state index in [0.29, 0.717) is 0 Å². The van der Waals surface area contributed by atoms with Gasteiger partial charge < -0.3 is 4.74 Å². The third kappa shape index (κ3) is 2.10. The highest BCUT2D eigenvalue weighted by Gasteiger charge is 2.14. The number of morpholine rings is 1. The summed E-state index contributed by atoms with van der Waals surface area (Å²) < 4.78 is 5.29. The number of H-pyrrole nitrogens is 1. The summed E-state index contributed by atoms with van der Waals surface area (Å²) in [6.07, 6.45) is 0.941. The van der Waals surface area contributed by atoms with Gasteiger partial charge in [-0.25, -0.2) is 0 Å². The van der Waals surface area contributed by atoms with Crippen LogP contribution in [0.15, 0.2) is 0 Å². The number of hydrogen-bond acceptors (Lipinski definition) is 4. The molecule has 78 valence electrons. The fraction of sp³-hybridized carbons (Fsp3) is 0.778. The molecule has 14 heavy (non-hydrogen) atoms. The van der Waals surface area contributed by atoms with Gasteiger partial charge in [-0.05, 0) is 6.42 Å². The number of nitrogens with zero attached hydrogens (tertiary/aromatic N) is 3. The summed E-state index contributed by atoms with van der Waals surface area (Å²) in [5, 5.41) is 10.9. The van der Waals surface area contributed by atoms with Crippen molar-refractivity contribution in [2.24, 2.45) is 0 Å². The first kappa shape index (κ1) is 9.61. The summed E-state index contributed by atoms with van der Waals surface area (Å²) in [5.41, 5.74) is 2.16. The van der Waals surface area contributed by atoms with Gasteiger partial charge in [-0.3, -0.25) is 4.90 Å². The van der Waals surface area contributed by atoms with Gasteiger partial charge in [0.25, 0.3) is 0 Å². The van der Waals surface area contributed by atoms with Crippen molar-refractivity contribution in [2.45, 2.75) is 19.9 Å². The average Bonchev–Trinajstić information content (AvgIpc) is 2.67. The molecule has 0 bridgehead atoms. The lowest BCUT2D eigenvalue weighted by Crippen LogP contribution is -2.36. The van der Waals surface area contributed by atoms with Gasteiger partial charge >= 0.3 is 0 Å². The van der Waals surface area contributed by atoms with Gasteiger partial charge in [0.2, 0.25) is 0 Å². The molecular weight excluding hydrogens is 180 g/mol. The van der Waals surface area contributed by atoms with Crippen molar-refractivity contribution in [3.63, 3.8) is 0 Å². The summed E-state index contributed by atoms with van der Waals surface area (Å²) in [4.78, 5) is 2.35. The Hall–Kier alpha value is -0.940. The fourth-order valence-electron chi connectivity index (χ4n) is 1.66. The Balaban J connectivity index is 1.95. The van der Waals surface area contributed by atoms with Crippen LogP contribution >= 0.6 is 0 Å². The van der Waals surface area contributed by atoms with E-state index in [1.807, 2.05) is 0 Å². The Kier molecular flexibility index (Phi) is 3.10. The number of nitrogens with one attached hydrogen (secondary N) is 1. The maximum absolute atomic E-state index is 5.29. The highest BCUT2D eigenvalue weighted by atomic mass is 16.5. The highest BCUT2D eigenvalue weighted by molar-refractivity contribution is 5.07. The minimum absolute atomic E-state index is 0.833. The van der Waals surface area contributed by atoms with Crippen LogP contribution in [0.5, 0.6) is 0 Å². The zero-order valence-electron chi connectivity index (χ0n) is 8.49. The third-order valence-corrected chi connectivity index (χ3v) is 2.52. The maximum Gasteiger partial charge on any atom is 0.0996 e. The lowest BCUT2D eigenvalue weighted by molar-refractivity contribution is 0.0335. The summed E-state index contributed by atoms with van der Waals surface area (Å²) in [6.45, 7) is 6.65. The average molecular weight is 196 g/mol. The minimum Gasteiger partial charge on any atom is -0.379 e. The second-order valence-corrected chi connectivity index (χ2v) is 3.46. The van der Waals surface area contributed by atoms with Gasteiger partial charge in [0, 0.05) is 19.6 Å². The molecule has 1 saturated heterocycles. The molecule has 0 radical (unpaired) electrons. The first-order chi connectivity index (χ1) is 6.90. The number of aryl methyl sites for hydroxylation is 1. The Morgan fingerprint density at radius 1 is 1.29 bits per heavy atom. The van der Waals surface area contributed by atoms with Crippen LogP contribution in [0.25, 0.3) is 0 Å². The lowest BCUT2D eigenvalue weighted by atomic mass is 10.2. The van der Waals surface area contributed by atoms with Gasteiger partial charge in [0.1, 0.15) is 0 Å². The Bertz CT molecular complexity index is 280. The summed E-state index contributed by atoms with van der Waals surface area (Å²) in [5.74, 6) is 0. The van der Waals surface area contributed by atoms with E-state index < -0.39 is 0 Å². The van der Waals surface area contributed by atoms with Crippen LogP contribution in [0.2, 0.25) is 0 Å². The predicted molar refractivity (Wildman–Crippen MR) is 51.9 cm³/mol. The van der Waals surface area contributed by atoms with Crippen LogP contribution in [-0.4, -0.2) is 46.6 Å². The number of aromatic amines is 1. The normalized spacial score (nSPS) is 18.6. The Morgan fingerprint density at radius 2 is 2.00 bits per heavy atom. The van der Waals surface area contributed by atoms with E-state index in [-0.39, 0.29) is 0 Å². The molecule has 5 nitrogen and oxygen atoms in total. The molecule has 1 aromatic rings. The molecule has 0 amide bonds. The largest absolute Gasteiger partial charge is 0.379 e. The second kappa shape index (κ2) is 4.52. The Labute approximate surface area is 83.4 Å². The Morgan fingerprint density at radius 3 is 2.71 bits per heavy atom. The molecule has 1 aliphatic rings. The minimum atomic E-state index is 0.833. The summed E-state index contributed by atoms with van der Waals surface area (Å²) >= 11 is 0. The van der Waals surface area contributed by atoms with Crippen LogP contribution in [0.4, 0.5) is 0 Å². The van der Waals surface area contributed by atoms with Gasteiger partial charge in [-0.2, -0.15) is 15.4 Å². The summed E-state index contributed by atoms with van der Waals surface area (Å²) in [6, 6.07) is 0. The molecular formula is C9H16N4O. The number of rotatable bonds is 3. The zero-order valence-corrected chi connectivity index (χ0v) is 8.49. The van der Waals surface area contributed by atoms with Crippen molar-refractivity contribution in [3.8, 4) is 0 Å². The molecule has 5 heteroatoms. The van der Waals surface area contributed by atoms with E-state index in [0.717, 1.165) is 50.7 Å². The molecule has 1 aliphatic heterocycles. The van der Waals surface area contributed by atoms with Crippen molar-refractivity contribution in [1.29, 1.82) is 0 Å². The maximum atomic E-state index is 5.29. The number of aromatic nitrogens is 3. The van der Waals surface area contributed by atoms with Gasteiger partial charge in [0.05, 0.1) is 24.6 Å². The summed E-state index contributed by atoms with van der Waals surface area (Å²) in [7, 11) is 0. The van der Waals surface area contributed by atoms with Crippen LogP contribution in [0, 0.1) is 0 Å². The standard InChI is InChI=1S/C9H16N4O/c1-2-8-9(11-12-10-8)7-13-3-5-14-6-4-13/h2-7H2,1H3,(H,10,11,12). The van der Waals surface area contributed by atoms with Crippen molar-refractivity contribution in [1.82, 2.24) is 20.3 Å². The molecule has 0 aromatic carbocycles. The molecule has 1 aromatic heterocycles. The third-order valence-electron chi connectivity index (χ3n) is 2.52. The molecule has 0 unspecified atom stereocenters. The molecule has 0 saturated carbocycles.